The van der Waals surface area contributed by atoms with E-state index in [0.717, 1.165) is 0 Å². The molecule has 1 aromatic heterocycles. The van der Waals surface area contributed by atoms with Gasteiger partial charge < -0.3 is 19.8 Å². The first-order valence-electron chi connectivity index (χ1n) is 6.43. The van der Waals surface area contributed by atoms with E-state index in [4.69, 9.17) is 9.15 Å². The Morgan fingerprint density at radius 3 is 2.68 bits per heavy atom. The van der Waals surface area contributed by atoms with Crippen LogP contribution in [0.25, 0.3) is 0 Å². The smallest absolute Gasteiger partial charge is 0.374 e. The summed E-state index contributed by atoms with van der Waals surface area (Å²) >= 11 is 0. The zero-order chi connectivity index (χ0) is 15.9. The lowest BCUT2D eigenvalue weighted by Gasteiger charge is -2.07. The van der Waals surface area contributed by atoms with Crippen molar-refractivity contribution in [3.63, 3.8) is 0 Å². The van der Waals surface area contributed by atoms with Crippen molar-refractivity contribution in [1.82, 2.24) is 5.32 Å². The van der Waals surface area contributed by atoms with Gasteiger partial charge in [-0.3, -0.25) is 9.59 Å². The van der Waals surface area contributed by atoms with Crippen LogP contribution >= 0.6 is 0 Å². The van der Waals surface area contributed by atoms with Crippen LogP contribution in [0.1, 0.15) is 20.9 Å². The molecule has 7 heteroatoms. The van der Waals surface area contributed by atoms with Crippen LogP contribution in [0, 0.1) is 0 Å². The maximum absolute atomic E-state index is 11.7. The van der Waals surface area contributed by atoms with Gasteiger partial charge in [0, 0.05) is 18.3 Å². The van der Waals surface area contributed by atoms with Gasteiger partial charge in [0.15, 0.2) is 6.61 Å². The minimum Gasteiger partial charge on any atom is -0.457 e. The summed E-state index contributed by atoms with van der Waals surface area (Å²) < 4.78 is 9.64. The Balaban J connectivity index is 1.89. The van der Waals surface area contributed by atoms with Crippen molar-refractivity contribution in [1.29, 1.82) is 0 Å². The lowest BCUT2D eigenvalue weighted by atomic mass is 10.2. The number of nitrogens with one attached hydrogen (secondary N) is 2. The molecule has 0 aliphatic rings. The van der Waals surface area contributed by atoms with Crippen molar-refractivity contribution in [3.8, 4) is 0 Å². The maximum atomic E-state index is 11.7. The zero-order valence-electron chi connectivity index (χ0n) is 11.8. The molecule has 1 aromatic carbocycles. The van der Waals surface area contributed by atoms with E-state index >= 15 is 0 Å². The van der Waals surface area contributed by atoms with E-state index in [0.29, 0.717) is 11.3 Å². The molecule has 0 atom stereocenters. The normalized spacial score (nSPS) is 9.86. The average Bonchev–Trinajstić information content (AvgIpc) is 3.06. The third-order valence-corrected chi connectivity index (χ3v) is 2.69. The Morgan fingerprint density at radius 1 is 1.18 bits per heavy atom. The summed E-state index contributed by atoms with van der Waals surface area (Å²) in [4.78, 5) is 34.7. The molecule has 2 amide bonds. The van der Waals surface area contributed by atoms with E-state index in [1.165, 1.54) is 25.4 Å². The molecule has 2 aromatic rings. The first-order valence-corrected chi connectivity index (χ1v) is 6.43. The average molecular weight is 302 g/mol. The number of hydrogen-bond acceptors (Lipinski definition) is 5. The largest absolute Gasteiger partial charge is 0.457 e. The summed E-state index contributed by atoms with van der Waals surface area (Å²) in [6, 6.07) is 9.37. The molecule has 0 aliphatic heterocycles. The quantitative estimate of drug-likeness (QED) is 0.814. The van der Waals surface area contributed by atoms with Crippen LogP contribution in [-0.4, -0.2) is 31.4 Å². The van der Waals surface area contributed by atoms with Crippen molar-refractivity contribution >= 4 is 23.5 Å². The van der Waals surface area contributed by atoms with E-state index in [-0.39, 0.29) is 11.7 Å². The SMILES string of the molecule is CNC(=O)c1cccc(NC(=O)COC(=O)c2ccco2)c1. The van der Waals surface area contributed by atoms with Gasteiger partial charge in [-0.25, -0.2) is 4.79 Å². The number of rotatable bonds is 5. The minimum absolute atomic E-state index is 0.0226. The predicted octanol–water partition coefficient (Wildman–Crippen LogP) is 1.43. The highest BCUT2D eigenvalue weighted by atomic mass is 16.5. The minimum atomic E-state index is -0.723. The third-order valence-electron chi connectivity index (χ3n) is 2.69. The van der Waals surface area contributed by atoms with Crippen molar-refractivity contribution in [2.24, 2.45) is 0 Å². The van der Waals surface area contributed by atoms with Gasteiger partial charge in [0.2, 0.25) is 5.76 Å². The molecule has 114 valence electrons. The van der Waals surface area contributed by atoms with Gasteiger partial charge in [0.25, 0.3) is 11.8 Å². The number of carbonyl (C=O) groups excluding carboxylic acids is 3. The molecule has 0 bridgehead atoms. The fourth-order valence-electron chi connectivity index (χ4n) is 1.68. The van der Waals surface area contributed by atoms with E-state index in [9.17, 15) is 14.4 Å². The van der Waals surface area contributed by atoms with Crippen molar-refractivity contribution in [2.75, 3.05) is 19.0 Å². The number of ether oxygens (including phenoxy) is 1. The Kier molecular flexibility index (Phi) is 4.92. The Bertz CT molecular complexity index is 679. The first-order chi connectivity index (χ1) is 10.6. The monoisotopic (exact) mass is 302 g/mol. The van der Waals surface area contributed by atoms with Crippen LogP contribution in [0.4, 0.5) is 5.69 Å². The van der Waals surface area contributed by atoms with E-state index in [2.05, 4.69) is 10.6 Å². The molecule has 0 saturated carbocycles. The van der Waals surface area contributed by atoms with Gasteiger partial charge in [0.1, 0.15) is 0 Å². The standard InChI is InChI=1S/C15H14N2O5/c1-16-14(19)10-4-2-5-11(8-10)17-13(18)9-22-15(20)12-6-3-7-21-12/h2-8H,9H2,1H3,(H,16,19)(H,17,18). The molecule has 7 nitrogen and oxygen atoms in total. The second kappa shape index (κ2) is 7.07. The number of carbonyl (C=O) groups is 3. The molecule has 0 radical (unpaired) electrons. The molecule has 2 rings (SSSR count). The summed E-state index contributed by atoms with van der Waals surface area (Å²) in [7, 11) is 1.52. The Labute approximate surface area is 126 Å². The number of esters is 1. The lowest BCUT2D eigenvalue weighted by Crippen LogP contribution is -2.21. The van der Waals surface area contributed by atoms with Crippen molar-refractivity contribution in [3.05, 3.63) is 54.0 Å². The van der Waals surface area contributed by atoms with E-state index < -0.39 is 18.5 Å². The fraction of sp³-hybridized carbons (Fsp3) is 0.133. The molecule has 0 unspecified atom stereocenters. The lowest BCUT2D eigenvalue weighted by molar-refractivity contribution is -0.119. The summed E-state index contributed by atoms with van der Waals surface area (Å²) in [6.07, 6.45) is 1.33. The van der Waals surface area contributed by atoms with Crippen LogP contribution in [0.5, 0.6) is 0 Å². The molecule has 0 aliphatic carbocycles. The fourth-order valence-corrected chi connectivity index (χ4v) is 1.68. The maximum Gasteiger partial charge on any atom is 0.374 e. The third kappa shape index (κ3) is 3.95. The summed E-state index contributed by atoms with van der Waals surface area (Å²) in [5, 5.41) is 5.02. The molecule has 1 heterocycles. The van der Waals surface area contributed by atoms with Gasteiger partial charge in [-0.1, -0.05) is 6.07 Å². The van der Waals surface area contributed by atoms with Gasteiger partial charge in [-0.05, 0) is 30.3 Å². The van der Waals surface area contributed by atoms with Crippen LogP contribution in [0.3, 0.4) is 0 Å². The highest BCUT2D eigenvalue weighted by Crippen LogP contribution is 2.10. The zero-order valence-corrected chi connectivity index (χ0v) is 11.8. The summed E-state index contributed by atoms with van der Waals surface area (Å²) in [5.41, 5.74) is 0.841. The molecule has 2 N–H and O–H groups in total. The molecule has 0 spiro atoms. The van der Waals surface area contributed by atoms with Crippen LogP contribution in [0.2, 0.25) is 0 Å². The molecular weight excluding hydrogens is 288 g/mol. The van der Waals surface area contributed by atoms with Gasteiger partial charge >= 0.3 is 5.97 Å². The van der Waals surface area contributed by atoms with Crippen molar-refractivity contribution in [2.45, 2.75) is 0 Å². The van der Waals surface area contributed by atoms with Gasteiger partial charge in [-0.2, -0.15) is 0 Å². The van der Waals surface area contributed by atoms with Crippen LogP contribution in [-0.2, 0) is 9.53 Å². The number of amides is 2. The summed E-state index contributed by atoms with van der Waals surface area (Å²) in [5.74, 6) is -1.48. The highest BCUT2D eigenvalue weighted by molar-refractivity contribution is 5.98. The Morgan fingerprint density at radius 2 is 2.00 bits per heavy atom. The van der Waals surface area contributed by atoms with E-state index in [1.54, 1.807) is 24.3 Å². The molecule has 0 saturated heterocycles. The number of hydrogen-bond donors (Lipinski definition) is 2. The first kappa shape index (κ1) is 15.3. The number of anilines is 1. The number of benzene rings is 1. The van der Waals surface area contributed by atoms with Crippen molar-refractivity contribution < 1.29 is 23.5 Å². The summed E-state index contributed by atoms with van der Waals surface area (Å²) in [6.45, 7) is -0.455. The topological polar surface area (TPSA) is 97.6 Å². The predicted molar refractivity (Wildman–Crippen MR) is 77.5 cm³/mol. The Hall–Kier alpha value is -3.09. The second-order valence-corrected chi connectivity index (χ2v) is 4.26. The van der Waals surface area contributed by atoms with Crippen LogP contribution < -0.4 is 10.6 Å². The van der Waals surface area contributed by atoms with Gasteiger partial charge in [-0.15, -0.1) is 0 Å². The molecule has 0 fully saturated rings. The second-order valence-electron chi connectivity index (χ2n) is 4.26. The van der Waals surface area contributed by atoms with Crippen LogP contribution in [0.15, 0.2) is 47.1 Å². The van der Waals surface area contributed by atoms with E-state index in [1.807, 2.05) is 0 Å². The number of furan rings is 1. The van der Waals surface area contributed by atoms with Gasteiger partial charge in [0.05, 0.1) is 6.26 Å². The highest BCUT2D eigenvalue weighted by Gasteiger charge is 2.13. The molecular formula is C15H14N2O5. The molecule has 22 heavy (non-hydrogen) atoms.